The maximum absolute atomic E-state index is 4.56. The summed E-state index contributed by atoms with van der Waals surface area (Å²) in [4.78, 5) is 4.56. The van der Waals surface area contributed by atoms with Crippen LogP contribution in [-0.4, -0.2) is 4.98 Å². The molecule has 88 valence electrons. The second kappa shape index (κ2) is 4.33. The first-order chi connectivity index (χ1) is 7.97. The summed E-state index contributed by atoms with van der Waals surface area (Å²) in [7, 11) is 0. The van der Waals surface area contributed by atoms with Gasteiger partial charge >= 0.3 is 0 Å². The van der Waals surface area contributed by atoms with Crippen LogP contribution in [0.1, 0.15) is 32.0 Å². The van der Waals surface area contributed by atoms with Gasteiger partial charge in [0.1, 0.15) is 0 Å². The average molecular weight is 225 g/mol. The molecule has 0 aliphatic heterocycles. The van der Waals surface area contributed by atoms with E-state index in [1.165, 1.54) is 16.7 Å². The highest BCUT2D eigenvalue weighted by molar-refractivity contribution is 5.63. The minimum absolute atomic E-state index is 0.116. The van der Waals surface area contributed by atoms with E-state index in [1.807, 2.05) is 6.20 Å². The van der Waals surface area contributed by atoms with Crippen molar-refractivity contribution in [3.63, 3.8) is 0 Å². The van der Waals surface area contributed by atoms with Gasteiger partial charge in [0.2, 0.25) is 0 Å². The molecule has 1 heterocycles. The van der Waals surface area contributed by atoms with Gasteiger partial charge in [-0.2, -0.15) is 0 Å². The van der Waals surface area contributed by atoms with Crippen molar-refractivity contribution in [2.24, 2.45) is 0 Å². The first-order valence-electron chi connectivity index (χ1n) is 6.00. The van der Waals surface area contributed by atoms with Gasteiger partial charge in [-0.1, -0.05) is 56.7 Å². The Morgan fingerprint density at radius 3 is 2.24 bits per heavy atom. The van der Waals surface area contributed by atoms with E-state index < -0.39 is 0 Å². The minimum atomic E-state index is 0.116. The molecule has 2 aromatic rings. The molecule has 0 atom stereocenters. The van der Waals surface area contributed by atoms with Crippen LogP contribution in [0.5, 0.6) is 0 Å². The van der Waals surface area contributed by atoms with Crippen molar-refractivity contribution < 1.29 is 0 Å². The molecule has 0 N–H and O–H groups in total. The number of rotatable bonds is 1. The Labute approximate surface area is 104 Å². The van der Waals surface area contributed by atoms with E-state index in [2.05, 4.69) is 69.1 Å². The van der Waals surface area contributed by atoms with Crippen LogP contribution >= 0.6 is 0 Å². The summed E-state index contributed by atoms with van der Waals surface area (Å²) in [5, 5.41) is 0. The van der Waals surface area contributed by atoms with Crippen LogP contribution in [0.3, 0.4) is 0 Å². The van der Waals surface area contributed by atoms with Crippen LogP contribution in [0.2, 0.25) is 0 Å². The van der Waals surface area contributed by atoms with Gasteiger partial charge in [-0.15, -0.1) is 0 Å². The maximum Gasteiger partial charge on any atom is 0.0457 e. The van der Waals surface area contributed by atoms with E-state index in [0.29, 0.717) is 0 Å². The average Bonchev–Trinajstić information content (AvgIpc) is 2.28. The van der Waals surface area contributed by atoms with Crippen LogP contribution in [0.15, 0.2) is 42.6 Å². The Morgan fingerprint density at radius 1 is 0.941 bits per heavy atom. The monoisotopic (exact) mass is 225 g/mol. The van der Waals surface area contributed by atoms with Gasteiger partial charge in [-0.3, -0.25) is 4.98 Å². The van der Waals surface area contributed by atoms with Crippen LogP contribution in [0.4, 0.5) is 0 Å². The fourth-order valence-corrected chi connectivity index (χ4v) is 1.83. The molecule has 0 amide bonds. The lowest BCUT2D eigenvalue weighted by Gasteiger charge is -2.17. The lowest BCUT2D eigenvalue weighted by Crippen LogP contribution is -2.12. The lowest BCUT2D eigenvalue weighted by atomic mass is 9.91. The lowest BCUT2D eigenvalue weighted by molar-refractivity contribution is 0.569. The summed E-state index contributed by atoms with van der Waals surface area (Å²) in [5.74, 6) is 0. The fourth-order valence-electron chi connectivity index (χ4n) is 1.83. The van der Waals surface area contributed by atoms with E-state index in [-0.39, 0.29) is 5.41 Å². The zero-order chi connectivity index (χ0) is 12.5. The molecule has 0 aliphatic rings. The number of hydrogen-bond donors (Lipinski definition) is 0. The summed E-state index contributed by atoms with van der Waals surface area (Å²) in [6, 6.07) is 12.8. The molecule has 0 saturated carbocycles. The normalized spacial score (nSPS) is 11.5. The second-order valence-corrected chi connectivity index (χ2v) is 5.55. The largest absolute Gasteiger partial charge is 0.260 e. The molecule has 1 aromatic heterocycles. The SMILES string of the molecule is Cc1cccc(-c2ccc(C(C)(C)C)nc2)c1. The molecule has 1 aromatic carbocycles. The van der Waals surface area contributed by atoms with Gasteiger partial charge < -0.3 is 0 Å². The van der Waals surface area contributed by atoms with Crippen LogP contribution in [-0.2, 0) is 5.41 Å². The summed E-state index contributed by atoms with van der Waals surface area (Å²) in [6.45, 7) is 8.66. The molecule has 1 nitrogen and oxygen atoms in total. The summed E-state index contributed by atoms with van der Waals surface area (Å²) >= 11 is 0. The Hall–Kier alpha value is -1.63. The molecule has 0 saturated heterocycles. The van der Waals surface area contributed by atoms with Gasteiger partial charge in [0.25, 0.3) is 0 Å². The smallest absolute Gasteiger partial charge is 0.0457 e. The maximum atomic E-state index is 4.56. The van der Waals surface area contributed by atoms with Crippen molar-refractivity contribution in [3.8, 4) is 11.1 Å². The molecule has 0 aliphatic carbocycles. The zero-order valence-corrected chi connectivity index (χ0v) is 11.0. The second-order valence-electron chi connectivity index (χ2n) is 5.55. The number of hydrogen-bond acceptors (Lipinski definition) is 1. The summed E-state index contributed by atoms with van der Waals surface area (Å²) in [5.41, 5.74) is 4.95. The van der Waals surface area contributed by atoms with Crippen LogP contribution < -0.4 is 0 Å². The number of benzene rings is 1. The Kier molecular flexibility index (Phi) is 3.01. The summed E-state index contributed by atoms with van der Waals surface area (Å²) in [6.07, 6.45) is 1.97. The topological polar surface area (TPSA) is 12.9 Å². The first-order valence-corrected chi connectivity index (χ1v) is 6.00. The van der Waals surface area contributed by atoms with Gasteiger partial charge in [-0.25, -0.2) is 0 Å². The molecule has 17 heavy (non-hydrogen) atoms. The predicted octanol–water partition coefficient (Wildman–Crippen LogP) is 4.35. The van der Waals surface area contributed by atoms with Gasteiger partial charge in [0, 0.05) is 22.9 Å². The Morgan fingerprint density at radius 2 is 1.71 bits per heavy atom. The third-order valence-corrected chi connectivity index (χ3v) is 2.88. The van der Waals surface area contributed by atoms with E-state index in [9.17, 15) is 0 Å². The molecule has 0 spiro atoms. The Bertz CT molecular complexity index is 504. The van der Waals surface area contributed by atoms with Crippen molar-refractivity contribution >= 4 is 0 Å². The van der Waals surface area contributed by atoms with Crippen molar-refractivity contribution in [1.82, 2.24) is 4.98 Å². The van der Waals surface area contributed by atoms with Crippen LogP contribution in [0, 0.1) is 6.92 Å². The van der Waals surface area contributed by atoms with Gasteiger partial charge in [-0.05, 0) is 18.6 Å². The van der Waals surface area contributed by atoms with Crippen molar-refractivity contribution in [2.45, 2.75) is 33.1 Å². The highest BCUT2D eigenvalue weighted by atomic mass is 14.7. The van der Waals surface area contributed by atoms with E-state index in [4.69, 9.17) is 0 Å². The molecule has 2 rings (SSSR count). The van der Waals surface area contributed by atoms with Crippen molar-refractivity contribution in [3.05, 3.63) is 53.9 Å². The molecule has 0 fully saturated rings. The highest BCUT2D eigenvalue weighted by Gasteiger charge is 2.14. The highest BCUT2D eigenvalue weighted by Crippen LogP contribution is 2.24. The predicted molar refractivity (Wildman–Crippen MR) is 73.1 cm³/mol. The van der Waals surface area contributed by atoms with Gasteiger partial charge in [0.15, 0.2) is 0 Å². The standard InChI is InChI=1S/C16H19N/c1-12-6-5-7-13(10-12)14-8-9-15(17-11-14)16(2,3)4/h5-11H,1-4H3. The fraction of sp³-hybridized carbons (Fsp3) is 0.312. The third-order valence-electron chi connectivity index (χ3n) is 2.88. The number of aromatic nitrogens is 1. The van der Waals surface area contributed by atoms with Crippen molar-refractivity contribution in [1.29, 1.82) is 0 Å². The van der Waals surface area contributed by atoms with Gasteiger partial charge in [0.05, 0.1) is 0 Å². The van der Waals surface area contributed by atoms with E-state index >= 15 is 0 Å². The first kappa shape index (κ1) is 11.8. The Balaban J connectivity index is 2.36. The third kappa shape index (κ3) is 2.73. The summed E-state index contributed by atoms with van der Waals surface area (Å²) < 4.78 is 0. The molecule has 1 heteroatoms. The molecule has 0 radical (unpaired) electrons. The minimum Gasteiger partial charge on any atom is -0.260 e. The molecular weight excluding hydrogens is 206 g/mol. The quantitative estimate of drug-likeness (QED) is 0.703. The number of pyridine rings is 1. The van der Waals surface area contributed by atoms with Crippen LogP contribution in [0.25, 0.3) is 11.1 Å². The van der Waals surface area contributed by atoms with Crippen molar-refractivity contribution in [2.75, 3.05) is 0 Å². The number of nitrogens with zero attached hydrogens (tertiary/aromatic N) is 1. The molecular formula is C16H19N. The van der Waals surface area contributed by atoms with E-state index in [0.717, 1.165) is 5.69 Å². The zero-order valence-electron chi connectivity index (χ0n) is 11.0. The number of aryl methyl sites for hydroxylation is 1. The van der Waals surface area contributed by atoms with E-state index in [1.54, 1.807) is 0 Å². The molecule has 0 unspecified atom stereocenters. The molecule has 0 bridgehead atoms.